The standard InChI is InChI=1S/C22H21FN6O2S.C2H6/c1-32(31)21-10-14(7-9-26-21)19(6-8-24)28-22(30)18-11-25-13-20-17(18)12-27-29(20)16-4-2-15(23)3-5-16;1-2/h2-5,7,9-13,19H,6,8,24H2,1H3,(H,28,30);1-2H3. The molecule has 3 heterocycles. The van der Waals surface area contributed by atoms with E-state index in [1.807, 2.05) is 13.8 Å². The van der Waals surface area contributed by atoms with Crippen LogP contribution in [0.25, 0.3) is 16.6 Å². The fraction of sp³-hybridized carbons (Fsp3) is 0.250. The third-order valence-corrected chi connectivity index (χ3v) is 5.84. The van der Waals surface area contributed by atoms with Crippen LogP contribution in [0.4, 0.5) is 4.39 Å². The van der Waals surface area contributed by atoms with Gasteiger partial charge in [-0.3, -0.25) is 14.0 Å². The summed E-state index contributed by atoms with van der Waals surface area (Å²) >= 11 is 0. The van der Waals surface area contributed by atoms with Crippen molar-refractivity contribution in [3.05, 3.63) is 78.1 Å². The number of nitrogens with one attached hydrogen (secondary N) is 1. The van der Waals surface area contributed by atoms with E-state index in [0.29, 0.717) is 40.1 Å². The summed E-state index contributed by atoms with van der Waals surface area (Å²) in [5.41, 5.74) is 8.16. The number of carbonyl (C=O) groups excluding carboxylic acids is 1. The van der Waals surface area contributed by atoms with E-state index in [1.54, 1.807) is 53.8 Å². The van der Waals surface area contributed by atoms with Gasteiger partial charge in [0.25, 0.3) is 5.91 Å². The molecule has 10 heteroatoms. The first-order chi connectivity index (χ1) is 16.5. The largest absolute Gasteiger partial charge is 0.345 e. The smallest absolute Gasteiger partial charge is 0.254 e. The van der Waals surface area contributed by atoms with Crippen LogP contribution in [0.2, 0.25) is 0 Å². The van der Waals surface area contributed by atoms with Gasteiger partial charge in [0.1, 0.15) is 10.8 Å². The number of carbonyl (C=O) groups is 1. The molecule has 0 bridgehead atoms. The number of benzene rings is 1. The van der Waals surface area contributed by atoms with Gasteiger partial charge in [-0.1, -0.05) is 13.8 Å². The number of nitrogens with two attached hydrogens (primary N) is 1. The number of nitrogens with zero attached hydrogens (tertiary/aromatic N) is 4. The number of halogens is 1. The maximum absolute atomic E-state index is 13.3. The highest BCUT2D eigenvalue weighted by atomic mass is 32.2. The summed E-state index contributed by atoms with van der Waals surface area (Å²) in [4.78, 5) is 21.5. The summed E-state index contributed by atoms with van der Waals surface area (Å²) in [5.74, 6) is -0.684. The van der Waals surface area contributed by atoms with Gasteiger partial charge < -0.3 is 11.1 Å². The summed E-state index contributed by atoms with van der Waals surface area (Å²) in [6.45, 7) is 4.35. The molecule has 2 atom stereocenters. The van der Waals surface area contributed by atoms with Gasteiger partial charge in [0.2, 0.25) is 0 Å². The first-order valence-electron chi connectivity index (χ1n) is 10.9. The molecule has 0 saturated carbocycles. The number of hydrogen-bond acceptors (Lipinski definition) is 6. The summed E-state index contributed by atoms with van der Waals surface area (Å²) in [7, 11) is -1.24. The first kappa shape index (κ1) is 25.1. The highest BCUT2D eigenvalue weighted by Gasteiger charge is 2.20. The zero-order chi connectivity index (χ0) is 24.7. The number of rotatable bonds is 7. The Morgan fingerprint density at radius 3 is 2.59 bits per heavy atom. The van der Waals surface area contributed by atoms with Crippen LogP contribution in [0.1, 0.15) is 42.2 Å². The van der Waals surface area contributed by atoms with E-state index >= 15 is 0 Å². The molecule has 0 aliphatic rings. The maximum atomic E-state index is 13.3. The van der Waals surface area contributed by atoms with Crippen molar-refractivity contribution < 1.29 is 13.4 Å². The van der Waals surface area contributed by atoms with Gasteiger partial charge in [-0.25, -0.2) is 14.1 Å². The Hall–Kier alpha value is -3.50. The van der Waals surface area contributed by atoms with Crippen molar-refractivity contribution in [2.45, 2.75) is 31.3 Å². The van der Waals surface area contributed by atoms with Gasteiger partial charge in [-0.15, -0.1) is 0 Å². The molecule has 0 fully saturated rings. The first-order valence-corrected chi connectivity index (χ1v) is 12.4. The molecule has 3 aromatic heterocycles. The number of aromatic nitrogens is 4. The van der Waals surface area contributed by atoms with E-state index in [0.717, 1.165) is 5.56 Å². The van der Waals surface area contributed by atoms with E-state index in [4.69, 9.17) is 5.73 Å². The van der Waals surface area contributed by atoms with E-state index < -0.39 is 10.8 Å². The summed E-state index contributed by atoms with van der Waals surface area (Å²) in [6.07, 6.45) is 8.27. The predicted molar refractivity (Wildman–Crippen MR) is 131 cm³/mol. The van der Waals surface area contributed by atoms with Crippen molar-refractivity contribution in [3.8, 4) is 5.69 Å². The van der Waals surface area contributed by atoms with Crippen LogP contribution in [0, 0.1) is 5.82 Å². The van der Waals surface area contributed by atoms with Crippen molar-refractivity contribution in [2.75, 3.05) is 12.8 Å². The minimum absolute atomic E-state index is 0.337. The van der Waals surface area contributed by atoms with Crippen LogP contribution in [0.15, 0.2) is 66.2 Å². The second kappa shape index (κ2) is 11.6. The highest BCUT2D eigenvalue weighted by Crippen LogP contribution is 2.23. The minimum Gasteiger partial charge on any atom is -0.345 e. The van der Waals surface area contributed by atoms with Crippen LogP contribution in [-0.2, 0) is 10.8 Å². The van der Waals surface area contributed by atoms with Crippen LogP contribution < -0.4 is 11.1 Å². The second-order valence-corrected chi connectivity index (χ2v) is 8.46. The Morgan fingerprint density at radius 2 is 1.91 bits per heavy atom. The van der Waals surface area contributed by atoms with Gasteiger partial charge in [0, 0.05) is 24.0 Å². The van der Waals surface area contributed by atoms with Crippen molar-refractivity contribution >= 4 is 27.6 Å². The Labute approximate surface area is 199 Å². The average molecular weight is 483 g/mol. The minimum atomic E-state index is -1.24. The van der Waals surface area contributed by atoms with Gasteiger partial charge >= 0.3 is 0 Å². The van der Waals surface area contributed by atoms with Gasteiger partial charge in [0.15, 0.2) is 0 Å². The third kappa shape index (κ3) is 5.52. The molecule has 8 nitrogen and oxygen atoms in total. The molecule has 0 aliphatic heterocycles. The molecular weight excluding hydrogens is 455 g/mol. The normalized spacial score (nSPS) is 12.5. The third-order valence-electron chi connectivity index (χ3n) is 5.03. The molecule has 0 radical (unpaired) electrons. The van der Waals surface area contributed by atoms with E-state index in [1.165, 1.54) is 18.3 Å². The van der Waals surface area contributed by atoms with Crippen molar-refractivity contribution in [2.24, 2.45) is 5.73 Å². The molecule has 1 amide bonds. The Balaban J connectivity index is 0.00000158. The zero-order valence-corrected chi connectivity index (χ0v) is 20.1. The monoisotopic (exact) mass is 482 g/mol. The van der Waals surface area contributed by atoms with Crippen molar-refractivity contribution in [3.63, 3.8) is 0 Å². The van der Waals surface area contributed by atoms with Crippen LogP contribution in [0.5, 0.6) is 0 Å². The Kier molecular flexibility index (Phi) is 8.55. The predicted octanol–water partition coefficient (Wildman–Crippen LogP) is 3.54. The number of pyridine rings is 2. The molecule has 4 rings (SSSR count). The topological polar surface area (TPSA) is 116 Å². The van der Waals surface area contributed by atoms with Crippen LogP contribution in [0.3, 0.4) is 0 Å². The highest BCUT2D eigenvalue weighted by molar-refractivity contribution is 7.84. The molecule has 1 aromatic carbocycles. The summed E-state index contributed by atoms with van der Waals surface area (Å²) in [5, 5.41) is 8.39. The quantitative estimate of drug-likeness (QED) is 0.416. The number of fused-ring (bicyclic) bond motifs is 1. The summed E-state index contributed by atoms with van der Waals surface area (Å²) < 4.78 is 26.7. The van der Waals surface area contributed by atoms with E-state index in [9.17, 15) is 13.4 Å². The molecule has 3 N–H and O–H groups in total. The zero-order valence-electron chi connectivity index (χ0n) is 19.2. The van der Waals surface area contributed by atoms with E-state index in [2.05, 4.69) is 20.4 Å². The van der Waals surface area contributed by atoms with Gasteiger partial charge in [-0.05, 0) is 54.9 Å². The molecule has 0 spiro atoms. The lowest BCUT2D eigenvalue weighted by atomic mass is 10.0. The number of hydrogen-bond donors (Lipinski definition) is 2. The molecule has 178 valence electrons. The maximum Gasteiger partial charge on any atom is 0.254 e. The SMILES string of the molecule is CC.CS(=O)c1cc(C(CCN)NC(=O)c2cncc3c2cnn3-c2ccc(F)cc2)ccn1. The number of amides is 1. The lowest BCUT2D eigenvalue weighted by Gasteiger charge is -2.19. The Morgan fingerprint density at radius 1 is 1.18 bits per heavy atom. The molecule has 34 heavy (non-hydrogen) atoms. The summed E-state index contributed by atoms with van der Waals surface area (Å²) in [6, 6.07) is 8.98. The van der Waals surface area contributed by atoms with Crippen LogP contribution in [-0.4, -0.2) is 42.7 Å². The second-order valence-electron chi connectivity index (χ2n) is 7.14. The molecule has 2 unspecified atom stereocenters. The molecule has 4 aromatic rings. The fourth-order valence-electron chi connectivity index (χ4n) is 3.43. The van der Waals surface area contributed by atoms with Crippen LogP contribution >= 0.6 is 0 Å². The fourth-order valence-corrected chi connectivity index (χ4v) is 3.95. The lowest BCUT2D eigenvalue weighted by Crippen LogP contribution is -2.30. The van der Waals surface area contributed by atoms with Gasteiger partial charge in [-0.2, -0.15) is 5.10 Å². The molecule has 0 saturated heterocycles. The average Bonchev–Trinajstić information content (AvgIpc) is 3.30. The van der Waals surface area contributed by atoms with Crippen molar-refractivity contribution in [1.82, 2.24) is 25.1 Å². The Bertz CT molecular complexity index is 1290. The van der Waals surface area contributed by atoms with Gasteiger partial charge in [0.05, 0.1) is 46.0 Å². The van der Waals surface area contributed by atoms with E-state index in [-0.39, 0.29) is 17.8 Å². The molecular formula is C24H27FN6O2S. The molecule has 0 aliphatic carbocycles. The van der Waals surface area contributed by atoms with Crippen molar-refractivity contribution in [1.29, 1.82) is 0 Å². The lowest BCUT2D eigenvalue weighted by molar-refractivity contribution is 0.0936.